The van der Waals surface area contributed by atoms with Gasteiger partial charge in [-0.15, -0.1) is 0 Å². The summed E-state index contributed by atoms with van der Waals surface area (Å²) in [7, 11) is 0. The van der Waals surface area contributed by atoms with Crippen molar-refractivity contribution in [3.63, 3.8) is 0 Å². The van der Waals surface area contributed by atoms with Crippen LogP contribution in [0.1, 0.15) is 11.1 Å². The molecule has 0 radical (unpaired) electrons. The lowest BCUT2D eigenvalue weighted by atomic mass is 9.40. The van der Waals surface area contributed by atoms with Crippen molar-refractivity contribution in [1.29, 1.82) is 0 Å². The quantitative estimate of drug-likeness (QED) is 0.344. The van der Waals surface area contributed by atoms with Crippen molar-refractivity contribution >= 4 is 28.8 Å². The Bertz CT molecular complexity index is 1290. The van der Waals surface area contributed by atoms with Gasteiger partial charge < -0.3 is 5.73 Å². The first kappa shape index (κ1) is 19.9. The van der Waals surface area contributed by atoms with Gasteiger partial charge in [0, 0.05) is 0 Å². The van der Waals surface area contributed by atoms with E-state index in [0.717, 1.165) is 27.9 Å². The Morgan fingerprint density at radius 1 is 0.594 bits per heavy atom. The van der Waals surface area contributed by atoms with Crippen molar-refractivity contribution in [3.05, 3.63) is 145 Å². The molecule has 5 rings (SSSR count). The number of nitrogens with two attached hydrogens (primary N) is 1. The lowest BCUT2D eigenvalue weighted by Crippen LogP contribution is -2.43. The molecule has 0 saturated carbocycles. The molecule has 0 spiro atoms. The van der Waals surface area contributed by atoms with E-state index in [1.165, 1.54) is 22.1 Å². The Morgan fingerprint density at radius 2 is 1.06 bits per heavy atom. The monoisotopic (exact) mass is 409 g/mol. The van der Waals surface area contributed by atoms with E-state index >= 15 is 0 Å². The highest BCUT2D eigenvalue weighted by atomic mass is 14.5. The van der Waals surface area contributed by atoms with E-state index in [1.54, 1.807) is 0 Å². The zero-order valence-electron chi connectivity index (χ0n) is 17.9. The second kappa shape index (κ2) is 8.60. The fourth-order valence-electron chi connectivity index (χ4n) is 4.54. The topological polar surface area (TPSA) is 26.0 Å². The third-order valence-corrected chi connectivity index (χ3v) is 6.07. The minimum Gasteiger partial charge on any atom is -0.409 e. The molecule has 0 atom stereocenters. The van der Waals surface area contributed by atoms with Gasteiger partial charge in [0.2, 0.25) is 0 Å². The number of benzene rings is 4. The largest absolute Gasteiger partial charge is 0.409 e. The number of hydrogen-bond donors (Lipinski definition) is 1. The van der Waals surface area contributed by atoms with E-state index in [0.29, 0.717) is 0 Å². The summed E-state index contributed by atoms with van der Waals surface area (Å²) in [6.45, 7) is 4.36. The Balaban J connectivity index is 1.61. The minimum atomic E-state index is 0.0412. The zero-order valence-corrected chi connectivity index (χ0v) is 17.9. The molecule has 0 aromatic heterocycles. The normalized spacial score (nSPS) is 12.9. The number of rotatable bonds is 5. The Morgan fingerprint density at radius 3 is 1.62 bits per heavy atom. The first-order valence-electron chi connectivity index (χ1n) is 10.9. The lowest BCUT2D eigenvalue weighted by molar-refractivity contribution is 1.50. The first-order chi connectivity index (χ1) is 15.7. The van der Waals surface area contributed by atoms with Crippen LogP contribution in [0.4, 0.5) is 0 Å². The summed E-state index contributed by atoms with van der Waals surface area (Å²) in [6, 6.07) is 37.8. The van der Waals surface area contributed by atoms with Crippen LogP contribution < -0.4 is 16.7 Å². The van der Waals surface area contributed by atoms with Gasteiger partial charge in [0.25, 0.3) is 6.71 Å². The van der Waals surface area contributed by atoms with Crippen molar-refractivity contribution in [2.24, 2.45) is 5.73 Å². The van der Waals surface area contributed by atoms with Crippen molar-refractivity contribution in [2.75, 3.05) is 0 Å². The molecule has 32 heavy (non-hydrogen) atoms. The summed E-state index contributed by atoms with van der Waals surface area (Å²) in [5.41, 5.74) is 17.0. The van der Waals surface area contributed by atoms with Gasteiger partial charge in [-0.1, -0.05) is 127 Å². The maximum atomic E-state index is 6.85. The van der Waals surface area contributed by atoms with Crippen molar-refractivity contribution < 1.29 is 0 Å². The molecular weight excluding hydrogens is 385 g/mol. The van der Waals surface area contributed by atoms with E-state index in [1.807, 2.05) is 24.3 Å². The van der Waals surface area contributed by atoms with Gasteiger partial charge >= 0.3 is 0 Å². The highest BCUT2D eigenvalue weighted by Gasteiger charge is 2.33. The van der Waals surface area contributed by atoms with Crippen LogP contribution in [0.3, 0.4) is 0 Å². The highest BCUT2D eigenvalue weighted by Crippen LogP contribution is 2.27. The third kappa shape index (κ3) is 3.72. The summed E-state index contributed by atoms with van der Waals surface area (Å²) in [6.07, 6.45) is 4.25. The van der Waals surface area contributed by atoms with Crippen LogP contribution in [-0.2, 0) is 0 Å². The van der Waals surface area contributed by atoms with E-state index in [4.69, 9.17) is 5.73 Å². The van der Waals surface area contributed by atoms with Crippen LogP contribution in [0, 0.1) is 0 Å². The van der Waals surface area contributed by atoms with Crippen LogP contribution in [0.5, 0.6) is 0 Å². The molecule has 1 nitrogen and oxygen atoms in total. The van der Waals surface area contributed by atoms with Crippen molar-refractivity contribution in [1.82, 2.24) is 0 Å². The van der Waals surface area contributed by atoms with Crippen LogP contribution in [-0.4, -0.2) is 6.71 Å². The second-order valence-corrected chi connectivity index (χ2v) is 8.11. The van der Waals surface area contributed by atoms with Gasteiger partial charge in [-0.2, -0.15) is 0 Å². The molecule has 0 bridgehead atoms. The molecule has 0 fully saturated rings. The highest BCUT2D eigenvalue weighted by molar-refractivity contribution is 6.94. The van der Waals surface area contributed by atoms with Gasteiger partial charge in [0.05, 0.1) is 0 Å². The molecule has 0 saturated heterocycles. The number of fused-ring (bicyclic) bond motifs is 3. The standard InChI is InChI=1S/C30H24BN/c1-22(23-12-4-2-5-13-23)20-25(24-14-6-3-7-15-24)21-30(32)31-28-18-10-8-16-26(28)27-17-9-11-19-29(27)31/h2-21H,1,32H2/b25-20+,30-21-. The van der Waals surface area contributed by atoms with Gasteiger partial charge in [-0.25, -0.2) is 0 Å². The molecule has 1 heterocycles. The third-order valence-electron chi connectivity index (χ3n) is 6.07. The molecule has 0 unspecified atom stereocenters. The number of hydrogen-bond acceptors (Lipinski definition) is 1. The summed E-state index contributed by atoms with van der Waals surface area (Å²) in [5.74, 6) is 0. The van der Waals surface area contributed by atoms with Crippen molar-refractivity contribution in [3.8, 4) is 11.1 Å². The van der Waals surface area contributed by atoms with Crippen LogP contribution in [0.2, 0.25) is 0 Å². The summed E-state index contributed by atoms with van der Waals surface area (Å²) >= 11 is 0. The van der Waals surface area contributed by atoms with Crippen LogP contribution in [0.25, 0.3) is 22.3 Å². The predicted octanol–water partition coefficient (Wildman–Crippen LogP) is 5.45. The summed E-state index contributed by atoms with van der Waals surface area (Å²) in [5, 5.41) is 0. The maximum absolute atomic E-state index is 6.85. The SMILES string of the molecule is C=C(/C=C(\C=C(/N)B1c2ccccc2-c2ccccc21)c1ccccc1)c1ccccc1. The average molecular weight is 409 g/mol. The Labute approximate surface area is 190 Å². The average Bonchev–Trinajstić information content (AvgIpc) is 3.19. The first-order valence-corrected chi connectivity index (χ1v) is 10.9. The van der Waals surface area contributed by atoms with E-state index < -0.39 is 0 Å². The fourth-order valence-corrected chi connectivity index (χ4v) is 4.54. The molecule has 152 valence electrons. The predicted molar refractivity (Wildman–Crippen MR) is 139 cm³/mol. The van der Waals surface area contributed by atoms with Crippen LogP contribution >= 0.6 is 0 Å². The molecule has 1 aliphatic rings. The van der Waals surface area contributed by atoms with Crippen LogP contribution in [0.15, 0.2) is 134 Å². The minimum absolute atomic E-state index is 0.0412. The molecule has 0 amide bonds. The lowest BCUT2D eigenvalue weighted by Gasteiger charge is -2.13. The molecule has 4 aromatic rings. The van der Waals surface area contributed by atoms with Crippen molar-refractivity contribution in [2.45, 2.75) is 0 Å². The van der Waals surface area contributed by atoms with Gasteiger partial charge in [-0.05, 0) is 51.1 Å². The fraction of sp³-hybridized carbons (Fsp3) is 0. The molecular formula is C30H24BN. The maximum Gasteiger partial charge on any atom is 0.262 e. The van der Waals surface area contributed by atoms with Gasteiger partial charge in [-0.3, -0.25) is 0 Å². The summed E-state index contributed by atoms with van der Waals surface area (Å²) in [4.78, 5) is 0. The second-order valence-electron chi connectivity index (χ2n) is 8.11. The van der Waals surface area contributed by atoms with E-state index in [2.05, 4.69) is 104 Å². The van der Waals surface area contributed by atoms with E-state index in [9.17, 15) is 0 Å². The Kier molecular flexibility index (Phi) is 5.35. The van der Waals surface area contributed by atoms with Gasteiger partial charge in [0.15, 0.2) is 0 Å². The number of allylic oxidation sites excluding steroid dienone is 4. The molecule has 0 aliphatic carbocycles. The van der Waals surface area contributed by atoms with Gasteiger partial charge in [0.1, 0.15) is 0 Å². The Hall–Kier alpha value is -4.04. The zero-order chi connectivity index (χ0) is 21.9. The molecule has 2 N–H and O–H groups in total. The molecule has 1 aliphatic heterocycles. The molecule has 4 aromatic carbocycles. The smallest absolute Gasteiger partial charge is 0.262 e. The summed E-state index contributed by atoms with van der Waals surface area (Å²) < 4.78 is 0. The molecule has 2 heteroatoms. The van der Waals surface area contributed by atoms with E-state index in [-0.39, 0.29) is 6.71 Å².